The molecule has 0 N–H and O–H groups in total. The molecule has 5 heteroatoms. The molecular weight excluding hydrogens is 418 g/mol. The fourth-order valence-electron chi connectivity index (χ4n) is 4.40. The standard InChI is InChI=1S/C27H27NO3S/c1-31-26(30)27(32-18-17-21-11-5-2-6-12-21)19-24(29)28(20-22-13-7-3-8-14-22)25(27)23-15-9-4-10-16-23/h2-16,25H,17-20H2,1H3/t25-,27-/m1/s1. The minimum Gasteiger partial charge on any atom is -0.468 e. The minimum absolute atomic E-state index is 0.0275. The zero-order valence-electron chi connectivity index (χ0n) is 18.1. The normalized spacial score (nSPS) is 20.3. The second-order valence-corrected chi connectivity index (χ2v) is 9.39. The minimum atomic E-state index is -0.989. The molecule has 0 saturated carbocycles. The number of amides is 1. The number of methoxy groups -OCH3 is 1. The van der Waals surface area contributed by atoms with Gasteiger partial charge in [-0.3, -0.25) is 9.59 Å². The monoisotopic (exact) mass is 445 g/mol. The molecule has 2 atom stereocenters. The van der Waals surface area contributed by atoms with Gasteiger partial charge >= 0.3 is 5.97 Å². The highest BCUT2D eigenvalue weighted by Crippen LogP contribution is 2.51. The maximum absolute atomic E-state index is 13.3. The van der Waals surface area contributed by atoms with Gasteiger partial charge in [-0.1, -0.05) is 91.0 Å². The lowest BCUT2D eigenvalue weighted by Gasteiger charge is -2.35. The molecule has 1 aliphatic heterocycles. The van der Waals surface area contributed by atoms with E-state index in [1.165, 1.54) is 12.7 Å². The largest absolute Gasteiger partial charge is 0.468 e. The smallest absolute Gasteiger partial charge is 0.324 e. The Bertz CT molecular complexity index is 1040. The van der Waals surface area contributed by atoms with Gasteiger partial charge < -0.3 is 9.64 Å². The van der Waals surface area contributed by atoms with Crippen LogP contribution in [0.1, 0.15) is 29.2 Å². The van der Waals surface area contributed by atoms with E-state index < -0.39 is 10.8 Å². The molecule has 164 valence electrons. The second kappa shape index (κ2) is 10.0. The topological polar surface area (TPSA) is 46.6 Å². The quantitative estimate of drug-likeness (QED) is 0.455. The molecule has 1 aliphatic rings. The number of benzene rings is 3. The summed E-state index contributed by atoms with van der Waals surface area (Å²) in [5.41, 5.74) is 3.20. The van der Waals surface area contributed by atoms with Crippen LogP contribution in [0.5, 0.6) is 0 Å². The van der Waals surface area contributed by atoms with Gasteiger partial charge in [-0.2, -0.15) is 0 Å². The third-order valence-electron chi connectivity index (χ3n) is 5.92. The van der Waals surface area contributed by atoms with Gasteiger partial charge in [0.1, 0.15) is 4.75 Å². The molecule has 1 heterocycles. The van der Waals surface area contributed by atoms with Crippen molar-refractivity contribution in [2.45, 2.75) is 30.2 Å². The van der Waals surface area contributed by atoms with Gasteiger partial charge in [-0.25, -0.2) is 0 Å². The van der Waals surface area contributed by atoms with Crippen molar-refractivity contribution in [3.63, 3.8) is 0 Å². The summed E-state index contributed by atoms with van der Waals surface area (Å²) in [4.78, 5) is 28.5. The zero-order valence-corrected chi connectivity index (χ0v) is 19.0. The number of esters is 1. The Morgan fingerprint density at radius 2 is 1.50 bits per heavy atom. The van der Waals surface area contributed by atoms with Crippen molar-refractivity contribution >= 4 is 23.6 Å². The van der Waals surface area contributed by atoms with Crippen molar-refractivity contribution in [1.29, 1.82) is 0 Å². The molecule has 0 aliphatic carbocycles. The molecule has 0 radical (unpaired) electrons. The molecule has 1 saturated heterocycles. The predicted octanol–water partition coefficient (Wildman–Crippen LogP) is 5.05. The first-order valence-corrected chi connectivity index (χ1v) is 11.8. The van der Waals surface area contributed by atoms with E-state index in [1.54, 1.807) is 11.8 Å². The zero-order chi connectivity index (χ0) is 22.4. The van der Waals surface area contributed by atoms with Crippen molar-refractivity contribution < 1.29 is 14.3 Å². The van der Waals surface area contributed by atoms with E-state index in [2.05, 4.69) is 12.1 Å². The molecule has 3 aromatic rings. The van der Waals surface area contributed by atoms with Crippen molar-refractivity contribution in [1.82, 2.24) is 4.90 Å². The van der Waals surface area contributed by atoms with Crippen molar-refractivity contribution in [3.05, 3.63) is 108 Å². The van der Waals surface area contributed by atoms with Crippen LogP contribution in [0.25, 0.3) is 0 Å². The number of aryl methyl sites for hydroxylation is 1. The maximum atomic E-state index is 13.3. The van der Waals surface area contributed by atoms with Gasteiger partial charge in [0, 0.05) is 6.54 Å². The van der Waals surface area contributed by atoms with Crippen LogP contribution in [-0.2, 0) is 27.3 Å². The molecule has 32 heavy (non-hydrogen) atoms. The van der Waals surface area contributed by atoms with Crippen LogP contribution in [-0.4, -0.2) is 34.4 Å². The van der Waals surface area contributed by atoms with Crippen LogP contribution in [0.3, 0.4) is 0 Å². The number of thioether (sulfide) groups is 1. The second-order valence-electron chi connectivity index (χ2n) is 7.96. The summed E-state index contributed by atoms with van der Waals surface area (Å²) in [6.07, 6.45) is 0.949. The van der Waals surface area contributed by atoms with Crippen LogP contribution in [0, 0.1) is 0 Å². The number of nitrogens with zero attached hydrogens (tertiary/aromatic N) is 1. The molecule has 3 aromatic carbocycles. The summed E-state index contributed by atoms with van der Waals surface area (Å²) < 4.78 is 4.31. The molecule has 4 rings (SSSR count). The van der Waals surface area contributed by atoms with Crippen molar-refractivity contribution in [2.24, 2.45) is 0 Å². The number of rotatable bonds is 8. The first kappa shape index (κ1) is 22.2. The van der Waals surface area contributed by atoms with Gasteiger partial charge in [0.25, 0.3) is 0 Å². The van der Waals surface area contributed by atoms with Crippen LogP contribution in [0.2, 0.25) is 0 Å². The molecule has 0 spiro atoms. The van der Waals surface area contributed by atoms with Gasteiger partial charge in [0.15, 0.2) is 0 Å². The van der Waals surface area contributed by atoms with Gasteiger partial charge in [0.2, 0.25) is 5.91 Å². The highest BCUT2D eigenvalue weighted by molar-refractivity contribution is 8.01. The van der Waals surface area contributed by atoms with Crippen molar-refractivity contribution in [3.8, 4) is 0 Å². The van der Waals surface area contributed by atoms with Crippen LogP contribution >= 0.6 is 11.8 Å². The average Bonchev–Trinajstić information content (AvgIpc) is 3.12. The van der Waals surface area contributed by atoms with Crippen LogP contribution < -0.4 is 0 Å². The lowest BCUT2D eigenvalue weighted by molar-refractivity contribution is -0.144. The van der Waals surface area contributed by atoms with E-state index in [1.807, 2.05) is 83.8 Å². The number of carbonyl (C=O) groups excluding carboxylic acids is 2. The van der Waals surface area contributed by atoms with E-state index in [0.717, 1.165) is 23.3 Å². The Balaban J connectivity index is 1.69. The van der Waals surface area contributed by atoms with Gasteiger partial charge in [0.05, 0.1) is 19.6 Å². The lowest BCUT2D eigenvalue weighted by Crippen LogP contribution is -2.43. The van der Waals surface area contributed by atoms with E-state index in [0.29, 0.717) is 6.54 Å². The highest BCUT2D eigenvalue weighted by Gasteiger charge is 2.58. The SMILES string of the molecule is COC(=O)[C@@]1(SCCc2ccccc2)CC(=O)N(Cc2ccccc2)[C@@H]1c1ccccc1. The van der Waals surface area contributed by atoms with Gasteiger partial charge in [-0.15, -0.1) is 11.8 Å². The van der Waals surface area contributed by atoms with E-state index in [9.17, 15) is 9.59 Å². The number of hydrogen-bond acceptors (Lipinski definition) is 4. The summed E-state index contributed by atoms with van der Waals surface area (Å²) in [6.45, 7) is 0.456. The number of hydrogen-bond donors (Lipinski definition) is 0. The van der Waals surface area contributed by atoms with Crippen molar-refractivity contribution in [2.75, 3.05) is 12.9 Å². The molecule has 1 fully saturated rings. The molecule has 0 bridgehead atoms. The van der Waals surface area contributed by atoms with E-state index in [-0.39, 0.29) is 18.3 Å². The molecule has 0 unspecified atom stereocenters. The van der Waals surface area contributed by atoms with Crippen LogP contribution in [0.4, 0.5) is 0 Å². The first-order valence-electron chi connectivity index (χ1n) is 10.8. The van der Waals surface area contributed by atoms with E-state index in [4.69, 9.17) is 4.74 Å². The molecule has 0 aromatic heterocycles. The number of likely N-dealkylation sites (tertiary alicyclic amines) is 1. The summed E-state index contributed by atoms with van der Waals surface area (Å²) in [5, 5.41) is 0. The third kappa shape index (κ3) is 4.58. The molecule has 1 amide bonds. The third-order valence-corrected chi connectivity index (χ3v) is 7.38. The Morgan fingerprint density at radius 1 is 0.938 bits per heavy atom. The first-order chi connectivity index (χ1) is 15.6. The molecule has 4 nitrogen and oxygen atoms in total. The Kier molecular flexibility index (Phi) is 6.96. The van der Waals surface area contributed by atoms with Crippen LogP contribution in [0.15, 0.2) is 91.0 Å². The Hall–Kier alpha value is -3.05. The lowest BCUT2D eigenvalue weighted by atomic mass is 9.92. The fraction of sp³-hybridized carbons (Fsp3) is 0.259. The average molecular weight is 446 g/mol. The number of ether oxygens (including phenoxy) is 1. The van der Waals surface area contributed by atoms with Gasteiger partial charge in [-0.05, 0) is 28.9 Å². The number of carbonyl (C=O) groups is 2. The summed E-state index contributed by atoms with van der Waals surface area (Å²) >= 11 is 1.54. The summed E-state index contributed by atoms with van der Waals surface area (Å²) in [5.74, 6) is 0.350. The Labute approximate surface area is 193 Å². The Morgan fingerprint density at radius 3 is 2.09 bits per heavy atom. The summed E-state index contributed by atoms with van der Waals surface area (Å²) in [7, 11) is 1.41. The summed E-state index contributed by atoms with van der Waals surface area (Å²) in [6, 6.07) is 29.6. The predicted molar refractivity (Wildman–Crippen MR) is 128 cm³/mol. The fourth-order valence-corrected chi connectivity index (χ4v) is 5.95. The maximum Gasteiger partial charge on any atom is 0.324 e. The van der Waals surface area contributed by atoms with E-state index >= 15 is 0 Å². The molecular formula is C27H27NO3S. The highest BCUT2D eigenvalue weighted by atomic mass is 32.2.